The lowest BCUT2D eigenvalue weighted by molar-refractivity contribution is 0.230. The topological polar surface area (TPSA) is 44.5 Å². The minimum Gasteiger partial charge on any atom is -0.360 e. The molecule has 1 N–H and O–H groups in total. The number of likely N-dealkylation sites (N-methyl/N-ethyl adjacent to an activating group) is 1. The second kappa shape index (κ2) is 6.87. The summed E-state index contributed by atoms with van der Waals surface area (Å²) in [6.45, 7) is 6.38. The van der Waals surface area contributed by atoms with Crippen molar-refractivity contribution in [1.82, 2.24) is 20.3 Å². The molecule has 102 valence electrons. The van der Waals surface area contributed by atoms with Crippen LogP contribution in [-0.4, -0.2) is 55.2 Å². The van der Waals surface area contributed by atoms with Crippen LogP contribution in [0.3, 0.4) is 0 Å². The number of nitrogens with zero attached hydrogens (tertiary/aromatic N) is 3. The Morgan fingerprint density at radius 3 is 2.94 bits per heavy atom. The maximum atomic E-state index is 5.31. The van der Waals surface area contributed by atoms with Crippen LogP contribution in [0.5, 0.6) is 0 Å². The summed E-state index contributed by atoms with van der Waals surface area (Å²) in [5, 5.41) is 7.09. The molecule has 5 heteroatoms. The van der Waals surface area contributed by atoms with Gasteiger partial charge in [0.25, 0.3) is 0 Å². The summed E-state index contributed by atoms with van der Waals surface area (Å²) < 4.78 is 5.31. The van der Waals surface area contributed by atoms with Crippen LogP contribution in [0, 0.1) is 0 Å². The number of nitrogens with one attached hydrogen (secondary N) is 1. The molecule has 0 unspecified atom stereocenters. The first-order valence-electron chi connectivity index (χ1n) is 6.78. The summed E-state index contributed by atoms with van der Waals surface area (Å²) in [5.74, 6) is 0.948. The van der Waals surface area contributed by atoms with Crippen molar-refractivity contribution in [3.05, 3.63) is 17.5 Å². The highest BCUT2D eigenvalue weighted by atomic mass is 16.5. The Morgan fingerprint density at radius 2 is 2.22 bits per heavy atom. The number of rotatable bonds is 7. The summed E-state index contributed by atoms with van der Waals surface area (Å²) in [4.78, 5) is 4.82. The minimum absolute atomic E-state index is 0.765. The van der Waals surface area contributed by atoms with E-state index in [0.29, 0.717) is 0 Å². The zero-order valence-electron chi connectivity index (χ0n) is 11.5. The van der Waals surface area contributed by atoms with E-state index >= 15 is 0 Å². The van der Waals surface area contributed by atoms with Gasteiger partial charge in [-0.3, -0.25) is 4.90 Å². The van der Waals surface area contributed by atoms with E-state index in [-0.39, 0.29) is 0 Å². The largest absolute Gasteiger partial charge is 0.360 e. The highest BCUT2D eigenvalue weighted by Gasteiger charge is 2.12. The summed E-state index contributed by atoms with van der Waals surface area (Å²) in [7, 11) is 4.05. The van der Waals surface area contributed by atoms with Crippen molar-refractivity contribution < 1.29 is 4.52 Å². The quantitative estimate of drug-likeness (QED) is 0.782. The molecule has 18 heavy (non-hydrogen) atoms. The summed E-state index contributed by atoms with van der Waals surface area (Å²) in [5.41, 5.74) is 0.973. The molecule has 1 aromatic heterocycles. The van der Waals surface area contributed by atoms with E-state index in [9.17, 15) is 0 Å². The van der Waals surface area contributed by atoms with Gasteiger partial charge in [0.1, 0.15) is 0 Å². The molecular formula is C13H24N4O. The molecule has 1 saturated heterocycles. The van der Waals surface area contributed by atoms with Crippen LogP contribution in [0.25, 0.3) is 0 Å². The van der Waals surface area contributed by atoms with Gasteiger partial charge >= 0.3 is 0 Å². The van der Waals surface area contributed by atoms with Crippen LogP contribution >= 0.6 is 0 Å². The molecule has 0 aliphatic carbocycles. The van der Waals surface area contributed by atoms with Gasteiger partial charge in [0, 0.05) is 25.7 Å². The summed E-state index contributed by atoms with van der Waals surface area (Å²) in [6.07, 6.45) is 2.72. The molecule has 5 nitrogen and oxygen atoms in total. The molecule has 2 rings (SSSR count). The fraction of sp³-hybridized carbons (Fsp3) is 0.769. The smallest absolute Gasteiger partial charge is 0.151 e. The molecule has 0 aromatic carbocycles. The van der Waals surface area contributed by atoms with E-state index in [1.807, 2.05) is 13.1 Å². The van der Waals surface area contributed by atoms with Crippen molar-refractivity contribution in [2.24, 2.45) is 0 Å². The van der Waals surface area contributed by atoms with Gasteiger partial charge in [-0.25, -0.2) is 0 Å². The normalized spacial score (nSPS) is 16.8. The van der Waals surface area contributed by atoms with Crippen molar-refractivity contribution in [3.63, 3.8) is 0 Å². The highest BCUT2D eigenvalue weighted by Crippen LogP contribution is 2.09. The Hall–Kier alpha value is -0.910. The zero-order chi connectivity index (χ0) is 12.8. The molecule has 0 saturated carbocycles. The predicted molar refractivity (Wildman–Crippen MR) is 71.3 cm³/mol. The van der Waals surface area contributed by atoms with Gasteiger partial charge in [0.05, 0.1) is 12.2 Å². The maximum absolute atomic E-state index is 5.31. The van der Waals surface area contributed by atoms with Crippen molar-refractivity contribution in [2.75, 3.05) is 40.3 Å². The Bertz CT molecular complexity index is 347. The van der Waals surface area contributed by atoms with Crippen molar-refractivity contribution in [1.29, 1.82) is 0 Å². The van der Waals surface area contributed by atoms with Crippen LogP contribution < -0.4 is 5.32 Å². The number of hydrogen-bond acceptors (Lipinski definition) is 5. The number of aromatic nitrogens is 1. The molecule has 1 aromatic rings. The van der Waals surface area contributed by atoms with Gasteiger partial charge in [0.15, 0.2) is 5.76 Å². The summed E-state index contributed by atoms with van der Waals surface area (Å²) >= 11 is 0. The fourth-order valence-corrected chi connectivity index (χ4v) is 2.36. The maximum Gasteiger partial charge on any atom is 0.151 e. The van der Waals surface area contributed by atoms with E-state index in [4.69, 9.17) is 4.52 Å². The molecule has 1 aliphatic heterocycles. The standard InChI is InChI=1S/C13H24N4O/c1-14-10-12-9-13(18-15-12)11-16(2)7-8-17-5-3-4-6-17/h9,14H,3-8,10-11H2,1-2H3. The van der Waals surface area contributed by atoms with Crippen molar-refractivity contribution in [2.45, 2.75) is 25.9 Å². The van der Waals surface area contributed by atoms with Crippen LogP contribution in [-0.2, 0) is 13.1 Å². The molecular weight excluding hydrogens is 228 g/mol. The van der Waals surface area contributed by atoms with Crippen LogP contribution in [0.2, 0.25) is 0 Å². The van der Waals surface area contributed by atoms with Crippen LogP contribution in [0.4, 0.5) is 0 Å². The Labute approximate surface area is 109 Å². The molecule has 0 spiro atoms. The first-order valence-corrected chi connectivity index (χ1v) is 6.78. The molecule has 1 aliphatic rings. The zero-order valence-corrected chi connectivity index (χ0v) is 11.5. The molecule has 0 atom stereocenters. The second-order valence-corrected chi connectivity index (χ2v) is 5.10. The lowest BCUT2D eigenvalue weighted by Crippen LogP contribution is -2.31. The average Bonchev–Trinajstić information content (AvgIpc) is 2.99. The van der Waals surface area contributed by atoms with Gasteiger partial charge in [-0.05, 0) is 40.0 Å². The lowest BCUT2D eigenvalue weighted by Gasteiger charge is -2.20. The third-order valence-electron chi connectivity index (χ3n) is 3.39. The molecule has 0 bridgehead atoms. The molecule has 1 fully saturated rings. The van der Waals surface area contributed by atoms with Crippen LogP contribution in [0.15, 0.2) is 10.6 Å². The SMILES string of the molecule is CNCc1cc(CN(C)CCN2CCCC2)on1. The van der Waals surface area contributed by atoms with Gasteiger partial charge < -0.3 is 14.7 Å². The predicted octanol–water partition coefficient (Wildman–Crippen LogP) is 0.922. The highest BCUT2D eigenvalue weighted by molar-refractivity contribution is 5.04. The van der Waals surface area contributed by atoms with Gasteiger partial charge in [-0.2, -0.15) is 0 Å². The molecule has 2 heterocycles. The molecule has 0 amide bonds. The van der Waals surface area contributed by atoms with Gasteiger partial charge in [-0.15, -0.1) is 0 Å². The Kier molecular flexibility index (Phi) is 5.16. The summed E-state index contributed by atoms with van der Waals surface area (Å²) in [6, 6.07) is 2.03. The third kappa shape index (κ3) is 4.08. The lowest BCUT2D eigenvalue weighted by atomic mass is 10.3. The fourth-order valence-electron chi connectivity index (χ4n) is 2.36. The van der Waals surface area contributed by atoms with Gasteiger partial charge in [-0.1, -0.05) is 5.16 Å². The van der Waals surface area contributed by atoms with E-state index in [0.717, 1.165) is 37.6 Å². The average molecular weight is 252 g/mol. The monoisotopic (exact) mass is 252 g/mol. The van der Waals surface area contributed by atoms with Crippen molar-refractivity contribution in [3.8, 4) is 0 Å². The van der Waals surface area contributed by atoms with E-state index in [2.05, 4.69) is 27.3 Å². The van der Waals surface area contributed by atoms with Crippen LogP contribution in [0.1, 0.15) is 24.3 Å². The first-order chi connectivity index (χ1) is 8.78. The van der Waals surface area contributed by atoms with Crippen molar-refractivity contribution >= 4 is 0 Å². The third-order valence-corrected chi connectivity index (χ3v) is 3.39. The number of likely N-dealkylation sites (tertiary alicyclic amines) is 1. The Morgan fingerprint density at radius 1 is 1.44 bits per heavy atom. The van der Waals surface area contributed by atoms with Gasteiger partial charge in [0.2, 0.25) is 0 Å². The minimum atomic E-state index is 0.765. The molecule has 0 radical (unpaired) electrons. The number of hydrogen-bond donors (Lipinski definition) is 1. The Balaban J connectivity index is 1.70. The van der Waals surface area contributed by atoms with E-state index < -0.39 is 0 Å². The second-order valence-electron chi connectivity index (χ2n) is 5.10. The van der Waals surface area contributed by atoms with E-state index in [1.165, 1.54) is 25.9 Å². The van der Waals surface area contributed by atoms with E-state index in [1.54, 1.807) is 0 Å². The first kappa shape index (κ1) is 13.5.